The summed E-state index contributed by atoms with van der Waals surface area (Å²) in [6, 6.07) is 7.23. The standard InChI is InChI=1S/C16H23ClN2O/c1-2-9-19(12-13-5-4-8-18-11-13)16(20)14-6-3-7-15(17)10-14/h3,6-7,10,13,18H,2,4-5,8-9,11-12H2,1H3. The number of nitrogens with zero attached hydrogens (tertiary/aromatic N) is 1. The molecule has 1 aromatic rings. The second-order valence-electron chi connectivity index (χ2n) is 5.47. The van der Waals surface area contributed by atoms with Crippen LogP contribution in [0.3, 0.4) is 0 Å². The number of hydrogen-bond donors (Lipinski definition) is 1. The van der Waals surface area contributed by atoms with Crippen molar-refractivity contribution in [3.8, 4) is 0 Å². The predicted molar refractivity (Wildman–Crippen MR) is 83.2 cm³/mol. The highest BCUT2D eigenvalue weighted by atomic mass is 35.5. The third-order valence-corrected chi connectivity index (χ3v) is 3.96. The van der Waals surface area contributed by atoms with Crippen molar-refractivity contribution >= 4 is 17.5 Å². The number of amides is 1. The SMILES string of the molecule is CCCN(CC1CCCNC1)C(=O)c1cccc(Cl)c1. The van der Waals surface area contributed by atoms with E-state index in [9.17, 15) is 4.79 Å². The monoisotopic (exact) mass is 294 g/mol. The minimum Gasteiger partial charge on any atom is -0.338 e. The van der Waals surface area contributed by atoms with Crippen molar-refractivity contribution in [2.24, 2.45) is 5.92 Å². The molecule has 4 heteroatoms. The molecule has 1 aliphatic rings. The number of carbonyl (C=O) groups is 1. The second kappa shape index (κ2) is 7.65. The first kappa shape index (κ1) is 15.3. The van der Waals surface area contributed by atoms with Crippen molar-refractivity contribution in [3.63, 3.8) is 0 Å². The molecule has 0 bridgehead atoms. The fourth-order valence-corrected chi connectivity index (χ4v) is 2.93. The molecule has 0 radical (unpaired) electrons. The first-order valence-corrected chi connectivity index (χ1v) is 7.84. The van der Waals surface area contributed by atoms with Crippen LogP contribution in [-0.2, 0) is 0 Å². The molecule has 0 aromatic heterocycles. The number of benzene rings is 1. The molecule has 1 fully saturated rings. The molecule has 1 aromatic carbocycles. The Morgan fingerprint density at radius 2 is 2.35 bits per heavy atom. The van der Waals surface area contributed by atoms with Gasteiger partial charge in [0.05, 0.1) is 0 Å². The minimum absolute atomic E-state index is 0.0972. The van der Waals surface area contributed by atoms with E-state index < -0.39 is 0 Å². The summed E-state index contributed by atoms with van der Waals surface area (Å²) in [5, 5.41) is 4.03. The van der Waals surface area contributed by atoms with Crippen molar-refractivity contribution < 1.29 is 4.79 Å². The molecule has 1 unspecified atom stereocenters. The van der Waals surface area contributed by atoms with E-state index in [1.165, 1.54) is 12.8 Å². The maximum Gasteiger partial charge on any atom is 0.253 e. The van der Waals surface area contributed by atoms with Gasteiger partial charge in [-0.3, -0.25) is 4.79 Å². The molecule has 1 atom stereocenters. The van der Waals surface area contributed by atoms with Gasteiger partial charge in [-0.15, -0.1) is 0 Å². The van der Waals surface area contributed by atoms with Crippen LogP contribution in [0.4, 0.5) is 0 Å². The Balaban J connectivity index is 2.04. The second-order valence-corrected chi connectivity index (χ2v) is 5.91. The van der Waals surface area contributed by atoms with Crippen molar-refractivity contribution in [1.82, 2.24) is 10.2 Å². The Morgan fingerprint density at radius 1 is 1.50 bits per heavy atom. The Hall–Kier alpha value is -1.06. The number of halogens is 1. The van der Waals surface area contributed by atoms with Gasteiger partial charge in [0.15, 0.2) is 0 Å². The quantitative estimate of drug-likeness (QED) is 0.904. The van der Waals surface area contributed by atoms with Crippen LogP contribution in [0.1, 0.15) is 36.5 Å². The molecule has 20 heavy (non-hydrogen) atoms. The van der Waals surface area contributed by atoms with Crippen LogP contribution >= 0.6 is 11.6 Å². The third kappa shape index (κ3) is 4.22. The zero-order chi connectivity index (χ0) is 14.4. The van der Waals surface area contributed by atoms with Crippen LogP contribution in [-0.4, -0.2) is 37.0 Å². The highest BCUT2D eigenvalue weighted by molar-refractivity contribution is 6.30. The molecule has 1 amide bonds. The lowest BCUT2D eigenvalue weighted by molar-refractivity contribution is 0.0719. The van der Waals surface area contributed by atoms with Crippen LogP contribution in [0.5, 0.6) is 0 Å². The molecule has 0 spiro atoms. The van der Waals surface area contributed by atoms with Gasteiger partial charge >= 0.3 is 0 Å². The number of piperidine rings is 1. The molecule has 0 aliphatic carbocycles. The van der Waals surface area contributed by atoms with Crippen LogP contribution in [0.15, 0.2) is 24.3 Å². The normalized spacial score (nSPS) is 18.8. The molecule has 3 nitrogen and oxygen atoms in total. The van der Waals surface area contributed by atoms with E-state index in [0.717, 1.165) is 32.6 Å². The zero-order valence-corrected chi connectivity index (χ0v) is 12.8. The summed E-state index contributed by atoms with van der Waals surface area (Å²) in [6.07, 6.45) is 3.39. The lowest BCUT2D eigenvalue weighted by atomic mass is 9.98. The summed E-state index contributed by atoms with van der Waals surface area (Å²) >= 11 is 5.98. The van der Waals surface area contributed by atoms with Crippen LogP contribution in [0.2, 0.25) is 5.02 Å². The fourth-order valence-electron chi connectivity index (χ4n) is 2.74. The van der Waals surface area contributed by atoms with Gasteiger partial charge in [-0.05, 0) is 56.5 Å². The van der Waals surface area contributed by atoms with Crippen LogP contribution < -0.4 is 5.32 Å². The molecule has 1 N–H and O–H groups in total. The van der Waals surface area contributed by atoms with Crippen molar-refractivity contribution in [3.05, 3.63) is 34.9 Å². The fraction of sp³-hybridized carbons (Fsp3) is 0.562. The lowest BCUT2D eigenvalue weighted by Crippen LogP contribution is -2.41. The summed E-state index contributed by atoms with van der Waals surface area (Å²) in [7, 11) is 0. The van der Waals surface area contributed by atoms with Gasteiger partial charge in [-0.2, -0.15) is 0 Å². The number of nitrogens with one attached hydrogen (secondary N) is 1. The predicted octanol–water partition coefficient (Wildman–Crippen LogP) is 3.19. The number of carbonyl (C=O) groups excluding carboxylic acids is 1. The van der Waals surface area contributed by atoms with E-state index in [1.54, 1.807) is 12.1 Å². The summed E-state index contributed by atoms with van der Waals surface area (Å²) < 4.78 is 0. The summed E-state index contributed by atoms with van der Waals surface area (Å²) in [6.45, 7) is 5.88. The first-order valence-electron chi connectivity index (χ1n) is 7.46. The van der Waals surface area contributed by atoms with Crippen LogP contribution in [0.25, 0.3) is 0 Å². The minimum atomic E-state index is 0.0972. The van der Waals surface area contributed by atoms with E-state index in [1.807, 2.05) is 17.0 Å². The van der Waals surface area contributed by atoms with Gasteiger partial charge in [0.2, 0.25) is 0 Å². The smallest absolute Gasteiger partial charge is 0.253 e. The summed E-state index contributed by atoms with van der Waals surface area (Å²) in [5.41, 5.74) is 0.690. The zero-order valence-electron chi connectivity index (χ0n) is 12.1. The highest BCUT2D eigenvalue weighted by Gasteiger charge is 2.21. The molecule has 0 saturated carbocycles. The van der Waals surface area contributed by atoms with E-state index in [0.29, 0.717) is 16.5 Å². The molecule has 1 saturated heterocycles. The van der Waals surface area contributed by atoms with Crippen molar-refractivity contribution in [1.29, 1.82) is 0 Å². The van der Waals surface area contributed by atoms with Crippen molar-refractivity contribution in [2.45, 2.75) is 26.2 Å². The Kier molecular flexibility index (Phi) is 5.86. The highest BCUT2D eigenvalue weighted by Crippen LogP contribution is 2.16. The third-order valence-electron chi connectivity index (χ3n) is 3.73. The summed E-state index contributed by atoms with van der Waals surface area (Å²) in [4.78, 5) is 14.6. The Morgan fingerprint density at radius 3 is 3.00 bits per heavy atom. The molecule has 110 valence electrons. The average molecular weight is 295 g/mol. The number of rotatable bonds is 5. The van der Waals surface area contributed by atoms with Gasteiger partial charge in [-0.1, -0.05) is 24.6 Å². The van der Waals surface area contributed by atoms with E-state index >= 15 is 0 Å². The van der Waals surface area contributed by atoms with Crippen LogP contribution in [0, 0.1) is 5.92 Å². The first-order chi connectivity index (χ1) is 9.70. The molecular weight excluding hydrogens is 272 g/mol. The Bertz CT molecular complexity index is 444. The maximum atomic E-state index is 12.6. The van der Waals surface area contributed by atoms with Gasteiger partial charge in [-0.25, -0.2) is 0 Å². The van der Waals surface area contributed by atoms with E-state index in [-0.39, 0.29) is 5.91 Å². The van der Waals surface area contributed by atoms with E-state index in [2.05, 4.69) is 12.2 Å². The molecule has 2 rings (SSSR count). The van der Waals surface area contributed by atoms with E-state index in [4.69, 9.17) is 11.6 Å². The molecular formula is C16H23ClN2O. The topological polar surface area (TPSA) is 32.3 Å². The van der Waals surface area contributed by atoms with Gasteiger partial charge in [0, 0.05) is 23.7 Å². The molecule has 1 heterocycles. The number of hydrogen-bond acceptors (Lipinski definition) is 2. The van der Waals surface area contributed by atoms with Gasteiger partial charge in [0.1, 0.15) is 0 Å². The summed E-state index contributed by atoms with van der Waals surface area (Å²) in [5.74, 6) is 0.665. The maximum absolute atomic E-state index is 12.6. The largest absolute Gasteiger partial charge is 0.338 e. The average Bonchev–Trinajstić information content (AvgIpc) is 2.47. The van der Waals surface area contributed by atoms with Gasteiger partial charge < -0.3 is 10.2 Å². The van der Waals surface area contributed by atoms with Gasteiger partial charge in [0.25, 0.3) is 5.91 Å². The lowest BCUT2D eigenvalue weighted by Gasteiger charge is -2.30. The Labute approximate surface area is 126 Å². The van der Waals surface area contributed by atoms with Crippen molar-refractivity contribution in [2.75, 3.05) is 26.2 Å². The molecule has 1 aliphatic heterocycles.